The molecule has 210 valence electrons. The highest BCUT2D eigenvalue weighted by molar-refractivity contribution is 5.95. The zero-order valence-electron chi connectivity index (χ0n) is 21.2. The molecule has 1 amide bonds. The van der Waals surface area contributed by atoms with Gasteiger partial charge in [-0.05, 0) is 19.1 Å². The number of hydrogen-bond donors (Lipinski definition) is 4. The number of carbonyl (C=O) groups is 2. The van der Waals surface area contributed by atoms with Gasteiger partial charge in [0.05, 0.1) is 6.54 Å². The second-order valence-electron chi connectivity index (χ2n) is 8.52. The van der Waals surface area contributed by atoms with E-state index in [1.165, 1.54) is 4.57 Å². The molecule has 12 nitrogen and oxygen atoms in total. The highest BCUT2D eigenvalue weighted by atomic mass is 19.4. The number of nitrogens with one attached hydrogen (secondary N) is 3. The number of rotatable bonds is 5. The third kappa shape index (κ3) is 6.98. The predicted octanol–water partition coefficient (Wildman–Crippen LogP) is 0.184. The highest BCUT2D eigenvalue weighted by Gasteiger charge is 2.44. The lowest BCUT2D eigenvalue weighted by molar-refractivity contribution is -0.192. The molecule has 1 unspecified atom stereocenters. The Morgan fingerprint density at radius 1 is 1.13 bits per heavy atom. The number of carboxylic acid groups (broad SMARTS) is 1. The second kappa shape index (κ2) is 12.5. The van der Waals surface area contributed by atoms with E-state index in [-0.39, 0.29) is 12.5 Å². The van der Waals surface area contributed by atoms with Crippen molar-refractivity contribution in [1.29, 1.82) is 0 Å². The van der Waals surface area contributed by atoms with E-state index < -0.39 is 29.7 Å². The van der Waals surface area contributed by atoms with Crippen LogP contribution in [-0.2, 0) is 16.6 Å². The molecule has 2 aliphatic rings. The number of carbonyl (C=O) groups excluding carboxylic acids is 1. The molecule has 0 saturated carbocycles. The molecular weight excluding hydrogens is 523 g/mol. The molecule has 1 aromatic heterocycles. The number of benzene rings is 1. The van der Waals surface area contributed by atoms with Gasteiger partial charge in [0.15, 0.2) is 6.29 Å². The van der Waals surface area contributed by atoms with E-state index in [4.69, 9.17) is 9.90 Å². The number of amides is 1. The summed E-state index contributed by atoms with van der Waals surface area (Å²) in [7, 11) is 1.60. The molecule has 1 fully saturated rings. The number of anilines is 3. The van der Waals surface area contributed by atoms with Gasteiger partial charge in [-0.25, -0.2) is 9.59 Å². The topological polar surface area (TPSA) is 143 Å². The van der Waals surface area contributed by atoms with E-state index in [0.29, 0.717) is 23.7 Å². The number of carboxylic acids is 1. The monoisotopic (exact) mass is 551 g/mol. The van der Waals surface area contributed by atoms with Crippen molar-refractivity contribution in [1.82, 2.24) is 19.8 Å². The Morgan fingerprint density at radius 3 is 2.31 bits per heavy atom. The number of alkyl halides is 3. The average molecular weight is 552 g/mol. The summed E-state index contributed by atoms with van der Waals surface area (Å²) in [6, 6.07) is 9.19. The third-order valence-electron chi connectivity index (χ3n) is 5.90. The number of para-hydroxylation sites is 1. The second-order valence-corrected chi connectivity index (χ2v) is 8.52. The Kier molecular flexibility index (Phi) is 9.38. The Balaban J connectivity index is 0.000000532. The van der Waals surface area contributed by atoms with Crippen LogP contribution in [0.4, 0.5) is 30.4 Å². The van der Waals surface area contributed by atoms with Gasteiger partial charge in [0.1, 0.15) is 18.1 Å². The van der Waals surface area contributed by atoms with Gasteiger partial charge in [0, 0.05) is 38.9 Å². The van der Waals surface area contributed by atoms with Crippen molar-refractivity contribution in [3.63, 3.8) is 0 Å². The van der Waals surface area contributed by atoms with Crippen LogP contribution in [0.15, 0.2) is 39.9 Å². The van der Waals surface area contributed by atoms with Gasteiger partial charge in [0.2, 0.25) is 5.91 Å². The Hall–Kier alpha value is -4.29. The first-order valence-corrected chi connectivity index (χ1v) is 11.8. The largest absolute Gasteiger partial charge is 0.490 e. The first-order chi connectivity index (χ1) is 18.5. The lowest BCUT2D eigenvalue weighted by Gasteiger charge is -2.41. The SMILES string of the molecule is CC#CCN1c2c(n(C)c(=O)[nH]c2=O)N(CC(=O)Nc2ccccc2)C1N1CCNCC1.O=C(O)C(F)(F)F. The molecule has 4 rings (SSSR count). The summed E-state index contributed by atoms with van der Waals surface area (Å²) in [5.74, 6) is 3.35. The van der Waals surface area contributed by atoms with Crippen LogP contribution in [0.5, 0.6) is 0 Å². The summed E-state index contributed by atoms with van der Waals surface area (Å²) in [4.78, 5) is 55.5. The highest BCUT2D eigenvalue weighted by Crippen LogP contribution is 2.36. The summed E-state index contributed by atoms with van der Waals surface area (Å²) < 4.78 is 33.1. The normalized spacial score (nSPS) is 16.9. The molecule has 2 aliphatic heterocycles. The molecule has 4 N–H and O–H groups in total. The maximum Gasteiger partial charge on any atom is 0.490 e. The van der Waals surface area contributed by atoms with Crippen molar-refractivity contribution in [2.45, 2.75) is 19.4 Å². The Bertz CT molecular complexity index is 1360. The molecule has 1 atom stereocenters. The van der Waals surface area contributed by atoms with Crippen LogP contribution in [0.1, 0.15) is 6.92 Å². The first kappa shape index (κ1) is 29.3. The molecule has 2 aromatic rings. The molecule has 0 radical (unpaired) electrons. The molecule has 39 heavy (non-hydrogen) atoms. The van der Waals surface area contributed by atoms with E-state index >= 15 is 0 Å². The van der Waals surface area contributed by atoms with Crippen molar-refractivity contribution in [3.05, 3.63) is 51.2 Å². The summed E-state index contributed by atoms with van der Waals surface area (Å²) in [6.07, 6.45) is -5.50. The van der Waals surface area contributed by atoms with Gasteiger partial charge in [-0.3, -0.25) is 24.0 Å². The number of halogens is 3. The van der Waals surface area contributed by atoms with E-state index in [2.05, 4.69) is 32.4 Å². The van der Waals surface area contributed by atoms with Gasteiger partial charge >= 0.3 is 17.8 Å². The number of H-pyrrole nitrogens is 1. The van der Waals surface area contributed by atoms with Gasteiger partial charge in [-0.15, -0.1) is 5.92 Å². The van der Waals surface area contributed by atoms with Crippen molar-refractivity contribution < 1.29 is 27.9 Å². The number of aromatic nitrogens is 2. The van der Waals surface area contributed by atoms with Gasteiger partial charge in [-0.1, -0.05) is 24.1 Å². The minimum Gasteiger partial charge on any atom is -0.475 e. The fourth-order valence-electron chi connectivity index (χ4n) is 4.24. The fraction of sp³-hybridized carbons (Fsp3) is 0.417. The van der Waals surface area contributed by atoms with Crippen LogP contribution < -0.4 is 31.7 Å². The fourth-order valence-corrected chi connectivity index (χ4v) is 4.24. The standard InChI is InChI=1S/C22H27N7O3.C2HF3O2/c1-3-4-12-28-18-19(31)25-21(32)26(2)20(18)29(22(28)27-13-10-23-11-14-27)15-17(30)24-16-8-6-5-7-9-16;3-2(4,5)1(6)7/h5-9,22-23H,10-15H2,1-2H3,(H,24,30)(H,25,31,32);(H,6,7). The zero-order valence-corrected chi connectivity index (χ0v) is 21.2. The van der Waals surface area contributed by atoms with Crippen LogP contribution in [0, 0.1) is 11.8 Å². The number of hydrogen-bond acceptors (Lipinski definition) is 8. The molecule has 3 heterocycles. The number of aliphatic carboxylic acids is 1. The van der Waals surface area contributed by atoms with E-state index in [0.717, 1.165) is 26.2 Å². The third-order valence-corrected chi connectivity index (χ3v) is 5.90. The molecule has 1 aromatic carbocycles. The van der Waals surface area contributed by atoms with Gasteiger partial charge in [-0.2, -0.15) is 13.2 Å². The molecule has 0 bridgehead atoms. The number of nitrogens with zero attached hydrogens (tertiary/aromatic N) is 4. The van der Waals surface area contributed by atoms with Crippen LogP contribution in [-0.4, -0.2) is 83.2 Å². The van der Waals surface area contributed by atoms with Gasteiger partial charge in [0.25, 0.3) is 5.56 Å². The molecular formula is C24H28F3N7O5. The first-order valence-electron chi connectivity index (χ1n) is 11.8. The zero-order chi connectivity index (χ0) is 28.7. The average Bonchev–Trinajstić information content (AvgIpc) is 3.21. The van der Waals surface area contributed by atoms with E-state index in [1.54, 1.807) is 14.0 Å². The minimum absolute atomic E-state index is 0.0245. The Morgan fingerprint density at radius 2 is 1.74 bits per heavy atom. The van der Waals surface area contributed by atoms with E-state index in [1.807, 2.05) is 40.1 Å². The summed E-state index contributed by atoms with van der Waals surface area (Å²) in [6.45, 7) is 5.07. The summed E-state index contributed by atoms with van der Waals surface area (Å²) in [5, 5.41) is 13.4. The number of fused-ring (bicyclic) bond motifs is 1. The smallest absolute Gasteiger partial charge is 0.475 e. The van der Waals surface area contributed by atoms with Crippen molar-refractivity contribution in [2.75, 3.05) is 54.4 Å². The van der Waals surface area contributed by atoms with Crippen molar-refractivity contribution >= 4 is 29.1 Å². The van der Waals surface area contributed by atoms with Crippen molar-refractivity contribution in [2.24, 2.45) is 7.05 Å². The number of aromatic amines is 1. The maximum atomic E-state index is 13.0. The lowest BCUT2D eigenvalue weighted by Crippen LogP contribution is -2.61. The molecule has 1 saturated heterocycles. The van der Waals surface area contributed by atoms with Gasteiger partial charge < -0.3 is 25.5 Å². The molecule has 0 spiro atoms. The predicted molar refractivity (Wildman–Crippen MR) is 137 cm³/mol. The lowest BCUT2D eigenvalue weighted by atomic mass is 10.3. The maximum absolute atomic E-state index is 13.0. The van der Waals surface area contributed by atoms with Crippen LogP contribution in [0.2, 0.25) is 0 Å². The van der Waals surface area contributed by atoms with E-state index in [9.17, 15) is 27.6 Å². The minimum atomic E-state index is -5.08. The summed E-state index contributed by atoms with van der Waals surface area (Å²) >= 11 is 0. The molecule has 15 heteroatoms. The Labute approximate surface area is 221 Å². The van der Waals surface area contributed by atoms with Crippen LogP contribution >= 0.6 is 0 Å². The number of piperazine rings is 1. The van der Waals surface area contributed by atoms with Crippen LogP contribution in [0.3, 0.4) is 0 Å². The molecule has 0 aliphatic carbocycles. The van der Waals surface area contributed by atoms with Crippen LogP contribution in [0.25, 0.3) is 0 Å². The quantitative estimate of drug-likeness (QED) is 0.383. The summed E-state index contributed by atoms with van der Waals surface area (Å²) in [5.41, 5.74) is 0.0341. The van der Waals surface area contributed by atoms with Crippen molar-refractivity contribution in [3.8, 4) is 11.8 Å².